The van der Waals surface area contributed by atoms with Crippen LogP contribution < -0.4 is 5.32 Å². The minimum atomic E-state index is -4.35. The first-order valence-corrected chi connectivity index (χ1v) is 30.7. The molecule has 0 aliphatic rings. The lowest BCUT2D eigenvalue weighted by molar-refractivity contribution is -0.870. The molecule has 0 fully saturated rings. The standard InChI is InChI=1S/C60H113N2O6P/c1-6-8-10-12-14-16-18-19-20-21-22-23-24-25-26-27-28-29-30-31-32-33-34-35-36-37-38-39-40-41-42-43-44-46-48-50-52-54-60(64)61-58(57-68-69(65,66)67-56-55-62(3,4)5)59(63)53-51-49-47-45-17-15-13-11-9-7-2/h17-19,21-22,24-25,45,51,53,58-59,63H,6-16,20,23,26-44,46-50,52,54-57H2,1-5H3,(H-,61,64,65,66)/p+1/b19-18-,22-21-,25-24-,45-17+,53-51+. The van der Waals surface area contributed by atoms with Crippen LogP contribution in [0.5, 0.6) is 0 Å². The van der Waals surface area contributed by atoms with E-state index in [1.54, 1.807) is 6.08 Å². The third-order valence-corrected chi connectivity index (χ3v) is 13.9. The molecule has 0 aliphatic carbocycles. The number of quaternary nitrogens is 1. The zero-order valence-corrected chi connectivity index (χ0v) is 46.9. The number of phosphoric ester groups is 1. The Morgan fingerprint density at radius 2 is 0.841 bits per heavy atom. The maximum absolute atomic E-state index is 12.9. The van der Waals surface area contributed by atoms with Crippen LogP contribution in [0.1, 0.15) is 264 Å². The lowest BCUT2D eigenvalue weighted by Gasteiger charge is -2.25. The molecule has 0 saturated carbocycles. The van der Waals surface area contributed by atoms with Crippen molar-refractivity contribution >= 4 is 13.7 Å². The Morgan fingerprint density at radius 1 is 0.493 bits per heavy atom. The SMILES string of the molecule is CCCCCC/C=C/CC/C=C/C(O)C(COP(=O)(O)OCC[N+](C)(C)C)NC(=O)CCCCCCCCCCCCCCCCCCCCCCCC/C=C\C/C=C\C/C=C\CCCCCCC. The Labute approximate surface area is 428 Å². The van der Waals surface area contributed by atoms with Crippen LogP contribution in [0.2, 0.25) is 0 Å². The summed E-state index contributed by atoms with van der Waals surface area (Å²) in [5.41, 5.74) is 0. The Bertz CT molecular complexity index is 1310. The fourth-order valence-corrected chi connectivity index (χ4v) is 9.10. The van der Waals surface area contributed by atoms with Crippen molar-refractivity contribution < 1.29 is 32.9 Å². The van der Waals surface area contributed by atoms with E-state index >= 15 is 0 Å². The van der Waals surface area contributed by atoms with E-state index in [0.717, 1.165) is 51.4 Å². The van der Waals surface area contributed by atoms with Crippen LogP contribution in [-0.4, -0.2) is 73.4 Å². The average molecular weight is 991 g/mol. The number of carbonyl (C=O) groups is 1. The van der Waals surface area contributed by atoms with E-state index in [-0.39, 0.29) is 19.1 Å². The van der Waals surface area contributed by atoms with Crippen LogP contribution in [0, 0.1) is 0 Å². The molecule has 0 aromatic carbocycles. The number of aliphatic hydroxyl groups excluding tert-OH is 1. The van der Waals surface area contributed by atoms with Crippen molar-refractivity contribution in [1.82, 2.24) is 5.32 Å². The van der Waals surface area contributed by atoms with Gasteiger partial charge in [-0.1, -0.05) is 248 Å². The summed E-state index contributed by atoms with van der Waals surface area (Å²) in [6.45, 7) is 4.75. The van der Waals surface area contributed by atoms with Crippen molar-refractivity contribution in [2.45, 2.75) is 276 Å². The molecular weight excluding hydrogens is 876 g/mol. The van der Waals surface area contributed by atoms with Gasteiger partial charge in [-0.25, -0.2) is 4.57 Å². The van der Waals surface area contributed by atoms with Crippen molar-refractivity contribution in [3.05, 3.63) is 60.8 Å². The summed E-state index contributed by atoms with van der Waals surface area (Å²) in [6.07, 6.45) is 69.3. The normalized spacial score (nSPS) is 14.4. The zero-order valence-electron chi connectivity index (χ0n) is 46.0. The van der Waals surface area contributed by atoms with Crippen LogP contribution in [0.3, 0.4) is 0 Å². The summed E-state index contributed by atoms with van der Waals surface area (Å²) in [7, 11) is 1.56. The number of phosphoric acid groups is 1. The van der Waals surface area contributed by atoms with E-state index in [9.17, 15) is 19.4 Å². The lowest BCUT2D eigenvalue weighted by atomic mass is 10.0. The highest BCUT2D eigenvalue weighted by atomic mass is 31.2. The number of carbonyl (C=O) groups excluding carboxylic acids is 1. The van der Waals surface area contributed by atoms with Gasteiger partial charge < -0.3 is 19.8 Å². The van der Waals surface area contributed by atoms with Crippen LogP contribution in [0.4, 0.5) is 0 Å². The first kappa shape index (κ1) is 67.2. The second-order valence-electron chi connectivity index (χ2n) is 21.0. The summed E-state index contributed by atoms with van der Waals surface area (Å²) >= 11 is 0. The summed E-state index contributed by atoms with van der Waals surface area (Å²) in [6, 6.07) is -0.861. The van der Waals surface area contributed by atoms with E-state index < -0.39 is 20.0 Å². The zero-order chi connectivity index (χ0) is 50.6. The minimum Gasteiger partial charge on any atom is -0.387 e. The largest absolute Gasteiger partial charge is 0.472 e. The molecule has 3 atom stereocenters. The maximum atomic E-state index is 12.9. The van der Waals surface area contributed by atoms with Crippen molar-refractivity contribution in [1.29, 1.82) is 0 Å². The molecule has 0 saturated heterocycles. The molecule has 8 nitrogen and oxygen atoms in total. The minimum absolute atomic E-state index is 0.0559. The molecule has 0 radical (unpaired) electrons. The van der Waals surface area contributed by atoms with E-state index in [1.807, 2.05) is 27.2 Å². The van der Waals surface area contributed by atoms with Crippen molar-refractivity contribution in [2.75, 3.05) is 40.9 Å². The Kier molecular flexibility index (Phi) is 49.8. The van der Waals surface area contributed by atoms with Gasteiger partial charge in [0.25, 0.3) is 0 Å². The fraction of sp³-hybridized carbons (Fsp3) is 0.817. The lowest BCUT2D eigenvalue weighted by Crippen LogP contribution is -2.45. The number of unbranched alkanes of at least 4 members (excludes halogenated alkanes) is 32. The van der Waals surface area contributed by atoms with Gasteiger partial charge in [0.1, 0.15) is 13.2 Å². The molecule has 0 aliphatic heterocycles. The predicted molar refractivity (Wildman–Crippen MR) is 300 cm³/mol. The average Bonchev–Trinajstić information content (AvgIpc) is 3.31. The van der Waals surface area contributed by atoms with Gasteiger partial charge >= 0.3 is 7.82 Å². The predicted octanol–water partition coefficient (Wildman–Crippen LogP) is 17.7. The van der Waals surface area contributed by atoms with Crippen LogP contribution in [0.25, 0.3) is 0 Å². The van der Waals surface area contributed by atoms with E-state index in [4.69, 9.17) is 9.05 Å². The maximum Gasteiger partial charge on any atom is 0.472 e. The molecule has 404 valence electrons. The number of nitrogens with zero attached hydrogens (tertiary/aromatic N) is 1. The number of rotatable bonds is 53. The van der Waals surface area contributed by atoms with Gasteiger partial charge in [-0.3, -0.25) is 13.8 Å². The summed E-state index contributed by atoms with van der Waals surface area (Å²) in [5, 5.41) is 13.8. The van der Waals surface area contributed by atoms with Gasteiger partial charge in [-0.05, 0) is 70.6 Å². The highest BCUT2D eigenvalue weighted by Gasteiger charge is 2.27. The van der Waals surface area contributed by atoms with Crippen LogP contribution in [-0.2, 0) is 18.4 Å². The fourth-order valence-electron chi connectivity index (χ4n) is 8.36. The molecule has 3 N–H and O–H groups in total. The highest BCUT2D eigenvalue weighted by molar-refractivity contribution is 7.47. The van der Waals surface area contributed by atoms with Gasteiger partial charge in [0.2, 0.25) is 5.91 Å². The Morgan fingerprint density at radius 3 is 1.28 bits per heavy atom. The molecule has 0 aromatic heterocycles. The summed E-state index contributed by atoms with van der Waals surface area (Å²) in [4.78, 5) is 23.2. The van der Waals surface area contributed by atoms with Crippen LogP contribution >= 0.6 is 7.82 Å². The first-order valence-electron chi connectivity index (χ1n) is 29.2. The number of likely N-dealkylation sites (N-methyl/N-ethyl adjacent to an activating group) is 1. The molecule has 1 amide bonds. The first-order chi connectivity index (χ1) is 33.5. The summed E-state index contributed by atoms with van der Waals surface area (Å²) in [5.74, 6) is -0.187. The molecule has 0 bridgehead atoms. The Balaban J connectivity index is 3.89. The van der Waals surface area contributed by atoms with Gasteiger partial charge in [0.05, 0.1) is 39.9 Å². The quantitative estimate of drug-likeness (QED) is 0.0243. The number of hydrogen-bond donors (Lipinski definition) is 3. The van der Waals surface area contributed by atoms with Gasteiger partial charge in [0.15, 0.2) is 0 Å². The molecule has 0 heterocycles. The van der Waals surface area contributed by atoms with Crippen LogP contribution in [0.15, 0.2) is 60.8 Å². The second kappa shape index (κ2) is 51.1. The second-order valence-corrected chi connectivity index (χ2v) is 22.5. The number of nitrogens with one attached hydrogen (secondary N) is 1. The number of allylic oxidation sites excluding steroid dienone is 9. The molecule has 69 heavy (non-hydrogen) atoms. The van der Waals surface area contributed by atoms with Gasteiger partial charge in [0, 0.05) is 6.42 Å². The van der Waals surface area contributed by atoms with E-state index in [2.05, 4.69) is 67.8 Å². The Hall–Kier alpha value is -1.80. The molecule has 9 heteroatoms. The molecular formula is C60H114N2O6P+. The number of hydrogen-bond acceptors (Lipinski definition) is 5. The van der Waals surface area contributed by atoms with Crippen molar-refractivity contribution in [3.63, 3.8) is 0 Å². The summed E-state index contributed by atoms with van der Waals surface area (Å²) < 4.78 is 23.6. The van der Waals surface area contributed by atoms with E-state index in [1.165, 1.54) is 193 Å². The van der Waals surface area contributed by atoms with E-state index in [0.29, 0.717) is 17.4 Å². The number of amides is 1. The molecule has 0 rings (SSSR count). The topological polar surface area (TPSA) is 105 Å². The highest BCUT2D eigenvalue weighted by Crippen LogP contribution is 2.43. The van der Waals surface area contributed by atoms with Gasteiger partial charge in [-0.15, -0.1) is 0 Å². The molecule has 0 spiro atoms. The van der Waals surface area contributed by atoms with Crippen molar-refractivity contribution in [3.8, 4) is 0 Å². The molecule has 3 unspecified atom stereocenters. The monoisotopic (exact) mass is 990 g/mol. The van der Waals surface area contributed by atoms with Crippen molar-refractivity contribution in [2.24, 2.45) is 0 Å². The number of aliphatic hydroxyl groups is 1. The molecule has 0 aromatic rings. The smallest absolute Gasteiger partial charge is 0.387 e. The van der Waals surface area contributed by atoms with Gasteiger partial charge in [-0.2, -0.15) is 0 Å². The third-order valence-electron chi connectivity index (χ3n) is 13.0. The third kappa shape index (κ3) is 53.8.